The van der Waals surface area contributed by atoms with Crippen LogP contribution in [-0.2, 0) is 9.53 Å². The third kappa shape index (κ3) is 5.96. The second-order valence-electron chi connectivity index (χ2n) is 7.62. The van der Waals surface area contributed by atoms with Crippen LogP contribution in [0, 0.1) is 6.92 Å². The van der Waals surface area contributed by atoms with Gasteiger partial charge in [-0.15, -0.1) is 0 Å². The van der Waals surface area contributed by atoms with Gasteiger partial charge < -0.3 is 20.3 Å². The number of carbonyl (C=O) groups is 2. The number of carbonyl (C=O) groups excluding carboxylic acids is 2. The highest BCUT2D eigenvalue weighted by Crippen LogP contribution is 2.23. The van der Waals surface area contributed by atoms with Gasteiger partial charge in [0.1, 0.15) is 5.60 Å². The first-order valence-electron chi connectivity index (χ1n) is 8.77. The highest BCUT2D eigenvalue weighted by atomic mass is 16.6. The summed E-state index contributed by atoms with van der Waals surface area (Å²) in [6.07, 6.45) is 1.70. The van der Waals surface area contributed by atoms with Crippen molar-refractivity contribution in [2.75, 3.05) is 23.7 Å². The summed E-state index contributed by atoms with van der Waals surface area (Å²) < 4.78 is 5.47. The van der Waals surface area contributed by atoms with E-state index in [1.54, 1.807) is 4.90 Å². The number of nitrogens with one attached hydrogen (secondary N) is 2. The molecule has 1 aromatic rings. The fourth-order valence-electron chi connectivity index (χ4n) is 2.91. The zero-order valence-corrected chi connectivity index (χ0v) is 15.8. The van der Waals surface area contributed by atoms with Crippen molar-refractivity contribution in [3.05, 3.63) is 23.8 Å². The topological polar surface area (TPSA) is 70.7 Å². The molecular formula is C19H29N3O3. The number of anilines is 2. The average Bonchev–Trinajstić information content (AvgIpc) is 2.48. The summed E-state index contributed by atoms with van der Waals surface area (Å²) in [5, 5.41) is 6.30. The van der Waals surface area contributed by atoms with Crippen LogP contribution in [0.1, 0.15) is 46.1 Å². The van der Waals surface area contributed by atoms with Crippen molar-refractivity contribution in [1.29, 1.82) is 0 Å². The number of benzene rings is 1. The molecule has 25 heavy (non-hydrogen) atoms. The Morgan fingerprint density at radius 2 is 2.00 bits per heavy atom. The van der Waals surface area contributed by atoms with Gasteiger partial charge in [0.05, 0.1) is 0 Å². The summed E-state index contributed by atoms with van der Waals surface area (Å²) in [5.74, 6) is -0.0795. The van der Waals surface area contributed by atoms with Crippen molar-refractivity contribution in [2.24, 2.45) is 0 Å². The molecule has 1 aromatic carbocycles. The zero-order chi connectivity index (χ0) is 18.6. The van der Waals surface area contributed by atoms with E-state index in [-0.39, 0.29) is 18.0 Å². The average molecular weight is 347 g/mol. The van der Waals surface area contributed by atoms with Crippen LogP contribution in [0.25, 0.3) is 0 Å². The summed E-state index contributed by atoms with van der Waals surface area (Å²) in [6, 6.07) is 6.04. The molecular weight excluding hydrogens is 318 g/mol. The fourth-order valence-corrected chi connectivity index (χ4v) is 2.91. The van der Waals surface area contributed by atoms with Crippen LogP contribution in [-0.4, -0.2) is 41.6 Å². The molecule has 0 aliphatic carbocycles. The Bertz CT molecular complexity index is 637. The number of aryl methyl sites for hydroxylation is 1. The quantitative estimate of drug-likeness (QED) is 0.873. The molecule has 1 aliphatic heterocycles. The Morgan fingerprint density at radius 3 is 2.60 bits per heavy atom. The van der Waals surface area contributed by atoms with Crippen LogP contribution in [0.3, 0.4) is 0 Å². The second kappa shape index (κ2) is 7.76. The Balaban J connectivity index is 1.97. The van der Waals surface area contributed by atoms with Crippen molar-refractivity contribution < 1.29 is 14.3 Å². The first-order chi connectivity index (χ1) is 11.6. The lowest BCUT2D eigenvalue weighted by molar-refractivity contribution is -0.114. The molecule has 138 valence electrons. The number of nitrogens with zero attached hydrogens (tertiary/aromatic N) is 1. The molecule has 0 bridgehead atoms. The van der Waals surface area contributed by atoms with E-state index in [0.29, 0.717) is 6.54 Å². The van der Waals surface area contributed by atoms with Gasteiger partial charge in [0.2, 0.25) is 5.91 Å². The number of amides is 2. The van der Waals surface area contributed by atoms with E-state index in [1.807, 2.05) is 45.9 Å². The Morgan fingerprint density at radius 1 is 1.28 bits per heavy atom. The maximum absolute atomic E-state index is 12.2. The van der Waals surface area contributed by atoms with Crippen LogP contribution >= 0.6 is 0 Å². The Labute approximate surface area is 149 Å². The van der Waals surface area contributed by atoms with Gasteiger partial charge in [-0.25, -0.2) is 4.79 Å². The summed E-state index contributed by atoms with van der Waals surface area (Å²) in [7, 11) is 0. The lowest BCUT2D eigenvalue weighted by atomic mass is 10.1. The number of rotatable bonds is 3. The first kappa shape index (κ1) is 19.1. The van der Waals surface area contributed by atoms with Crippen molar-refractivity contribution in [2.45, 2.75) is 59.1 Å². The monoisotopic (exact) mass is 347 g/mol. The van der Waals surface area contributed by atoms with E-state index in [1.165, 1.54) is 6.92 Å². The van der Waals surface area contributed by atoms with Gasteiger partial charge in [-0.3, -0.25) is 4.79 Å². The first-order valence-corrected chi connectivity index (χ1v) is 8.77. The van der Waals surface area contributed by atoms with Crippen LogP contribution in [0.4, 0.5) is 16.2 Å². The number of piperidine rings is 1. The predicted octanol–water partition coefficient (Wildman–Crippen LogP) is 3.76. The lowest BCUT2D eigenvalue weighted by Gasteiger charge is -2.35. The van der Waals surface area contributed by atoms with E-state index >= 15 is 0 Å². The summed E-state index contributed by atoms with van der Waals surface area (Å²) in [6.45, 7) is 10.5. The van der Waals surface area contributed by atoms with Gasteiger partial charge in [0, 0.05) is 37.4 Å². The van der Waals surface area contributed by atoms with Gasteiger partial charge in [-0.2, -0.15) is 0 Å². The normalized spacial score (nSPS) is 17.8. The zero-order valence-electron chi connectivity index (χ0n) is 15.8. The molecule has 1 unspecified atom stereocenters. The standard InChI is InChI=1S/C19H29N3O3/c1-13-11-15(8-9-17(13)20-14(2)23)21-16-7-6-10-22(12-16)18(24)25-19(3,4)5/h8-9,11,16,21H,6-7,10,12H2,1-5H3,(H,20,23). The minimum absolute atomic E-state index is 0.0795. The second-order valence-corrected chi connectivity index (χ2v) is 7.62. The van der Waals surface area contributed by atoms with Gasteiger partial charge in [-0.05, 0) is 64.3 Å². The van der Waals surface area contributed by atoms with E-state index < -0.39 is 5.60 Å². The molecule has 2 amide bonds. The third-order valence-electron chi connectivity index (χ3n) is 3.98. The summed E-state index contributed by atoms with van der Waals surface area (Å²) >= 11 is 0. The van der Waals surface area contributed by atoms with Crippen molar-refractivity contribution in [3.63, 3.8) is 0 Å². The molecule has 0 saturated carbocycles. The minimum Gasteiger partial charge on any atom is -0.444 e. The third-order valence-corrected chi connectivity index (χ3v) is 3.98. The van der Waals surface area contributed by atoms with Gasteiger partial charge >= 0.3 is 6.09 Å². The van der Waals surface area contributed by atoms with Crippen molar-refractivity contribution in [3.8, 4) is 0 Å². The molecule has 2 rings (SSSR count). The van der Waals surface area contributed by atoms with Crippen LogP contribution in [0.15, 0.2) is 18.2 Å². The van der Waals surface area contributed by atoms with Crippen LogP contribution in [0.5, 0.6) is 0 Å². The fraction of sp³-hybridized carbons (Fsp3) is 0.579. The number of likely N-dealkylation sites (tertiary alicyclic amines) is 1. The molecule has 1 fully saturated rings. The highest BCUT2D eigenvalue weighted by Gasteiger charge is 2.27. The van der Waals surface area contributed by atoms with Crippen molar-refractivity contribution in [1.82, 2.24) is 4.90 Å². The van der Waals surface area contributed by atoms with E-state index in [9.17, 15) is 9.59 Å². The molecule has 2 N–H and O–H groups in total. The SMILES string of the molecule is CC(=O)Nc1ccc(NC2CCCN(C(=O)OC(C)(C)C)C2)cc1C. The molecule has 1 saturated heterocycles. The maximum Gasteiger partial charge on any atom is 0.410 e. The number of ether oxygens (including phenoxy) is 1. The highest BCUT2D eigenvalue weighted by molar-refractivity contribution is 5.89. The number of hydrogen-bond donors (Lipinski definition) is 2. The van der Waals surface area contributed by atoms with E-state index in [0.717, 1.165) is 36.3 Å². The molecule has 0 aromatic heterocycles. The molecule has 0 radical (unpaired) electrons. The molecule has 6 nitrogen and oxygen atoms in total. The molecule has 6 heteroatoms. The van der Waals surface area contributed by atoms with E-state index in [2.05, 4.69) is 10.6 Å². The van der Waals surface area contributed by atoms with E-state index in [4.69, 9.17) is 4.74 Å². The smallest absolute Gasteiger partial charge is 0.410 e. The Hall–Kier alpha value is -2.24. The number of hydrogen-bond acceptors (Lipinski definition) is 4. The Kier molecular flexibility index (Phi) is 5.93. The predicted molar refractivity (Wildman–Crippen MR) is 99.9 cm³/mol. The molecule has 1 heterocycles. The minimum atomic E-state index is -0.478. The maximum atomic E-state index is 12.2. The molecule has 1 aliphatic rings. The molecule has 1 atom stereocenters. The van der Waals surface area contributed by atoms with Gasteiger partial charge in [0.25, 0.3) is 0 Å². The lowest BCUT2D eigenvalue weighted by Crippen LogP contribution is -2.46. The summed E-state index contributed by atoms with van der Waals surface area (Å²) in [4.78, 5) is 25.2. The molecule has 0 spiro atoms. The van der Waals surface area contributed by atoms with Crippen molar-refractivity contribution >= 4 is 23.4 Å². The summed E-state index contributed by atoms with van der Waals surface area (Å²) in [5.41, 5.74) is 2.33. The van der Waals surface area contributed by atoms with Gasteiger partial charge in [0.15, 0.2) is 0 Å². The van der Waals surface area contributed by atoms with Crippen LogP contribution in [0.2, 0.25) is 0 Å². The largest absolute Gasteiger partial charge is 0.444 e. The van der Waals surface area contributed by atoms with Gasteiger partial charge in [-0.1, -0.05) is 0 Å². The van der Waals surface area contributed by atoms with Crippen LogP contribution < -0.4 is 10.6 Å².